The third-order valence-electron chi connectivity index (χ3n) is 3.45. The summed E-state index contributed by atoms with van der Waals surface area (Å²) in [6.07, 6.45) is 0.00251. The standard InChI is InChI=1S/C15H16N2OS/c1-2-17-14(12-9-6-10-19-12)16-13(15(17)18)11-7-4-3-5-8-11/h3-10,13-14,16H,2H2,1H3. The van der Waals surface area contributed by atoms with Crippen LogP contribution < -0.4 is 5.32 Å². The molecule has 98 valence electrons. The first-order valence-electron chi connectivity index (χ1n) is 6.46. The molecule has 1 aromatic heterocycles. The Labute approximate surface area is 116 Å². The number of nitrogens with one attached hydrogen (secondary N) is 1. The van der Waals surface area contributed by atoms with Crippen LogP contribution in [0.3, 0.4) is 0 Å². The summed E-state index contributed by atoms with van der Waals surface area (Å²) in [7, 11) is 0. The zero-order valence-electron chi connectivity index (χ0n) is 10.7. The van der Waals surface area contributed by atoms with Gasteiger partial charge in [-0.05, 0) is 23.9 Å². The van der Waals surface area contributed by atoms with Crippen molar-refractivity contribution in [2.75, 3.05) is 6.54 Å². The smallest absolute Gasteiger partial charge is 0.245 e. The Morgan fingerprint density at radius 1 is 1.21 bits per heavy atom. The zero-order chi connectivity index (χ0) is 13.2. The van der Waals surface area contributed by atoms with Crippen LogP contribution >= 0.6 is 11.3 Å². The van der Waals surface area contributed by atoms with Crippen LogP contribution in [-0.4, -0.2) is 17.4 Å². The molecule has 2 unspecified atom stereocenters. The van der Waals surface area contributed by atoms with Gasteiger partial charge in [0.05, 0.1) is 0 Å². The Morgan fingerprint density at radius 3 is 2.63 bits per heavy atom. The molecule has 1 fully saturated rings. The van der Waals surface area contributed by atoms with Gasteiger partial charge >= 0.3 is 0 Å². The lowest BCUT2D eigenvalue weighted by molar-refractivity contribution is -0.130. The van der Waals surface area contributed by atoms with Crippen molar-refractivity contribution < 1.29 is 4.79 Å². The summed E-state index contributed by atoms with van der Waals surface area (Å²) < 4.78 is 0. The molecule has 0 saturated carbocycles. The molecular formula is C15H16N2OS. The lowest BCUT2D eigenvalue weighted by Gasteiger charge is -2.21. The van der Waals surface area contributed by atoms with E-state index in [-0.39, 0.29) is 18.1 Å². The molecule has 0 spiro atoms. The summed E-state index contributed by atoms with van der Waals surface area (Å²) in [5.41, 5.74) is 1.03. The van der Waals surface area contributed by atoms with Gasteiger partial charge in [-0.1, -0.05) is 36.4 Å². The fourth-order valence-corrected chi connectivity index (χ4v) is 3.31. The van der Waals surface area contributed by atoms with Crippen LogP contribution in [0.25, 0.3) is 0 Å². The lowest BCUT2D eigenvalue weighted by Crippen LogP contribution is -2.29. The summed E-state index contributed by atoms with van der Waals surface area (Å²) >= 11 is 1.68. The van der Waals surface area contributed by atoms with Crippen molar-refractivity contribution in [1.29, 1.82) is 0 Å². The summed E-state index contributed by atoms with van der Waals surface area (Å²) in [4.78, 5) is 15.6. The van der Waals surface area contributed by atoms with Crippen molar-refractivity contribution in [3.05, 3.63) is 58.3 Å². The van der Waals surface area contributed by atoms with Crippen LogP contribution in [0.5, 0.6) is 0 Å². The van der Waals surface area contributed by atoms with Crippen LogP contribution in [0, 0.1) is 0 Å². The number of carbonyl (C=O) groups excluding carboxylic acids is 1. The molecule has 1 aliphatic heterocycles. The normalized spacial score (nSPS) is 23.0. The molecule has 1 saturated heterocycles. The minimum atomic E-state index is -0.228. The molecule has 2 atom stereocenters. The molecule has 19 heavy (non-hydrogen) atoms. The first-order chi connectivity index (χ1) is 9.31. The van der Waals surface area contributed by atoms with E-state index in [9.17, 15) is 4.79 Å². The Bertz CT molecular complexity index is 553. The fraction of sp³-hybridized carbons (Fsp3) is 0.267. The second-order valence-electron chi connectivity index (χ2n) is 4.55. The predicted molar refractivity (Wildman–Crippen MR) is 76.8 cm³/mol. The van der Waals surface area contributed by atoms with E-state index in [1.165, 1.54) is 4.88 Å². The third-order valence-corrected chi connectivity index (χ3v) is 4.38. The number of thiophene rings is 1. The minimum absolute atomic E-state index is 0.00251. The van der Waals surface area contributed by atoms with E-state index in [1.807, 2.05) is 53.6 Å². The summed E-state index contributed by atoms with van der Waals surface area (Å²) in [5, 5.41) is 5.49. The van der Waals surface area contributed by atoms with Crippen LogP contribution in [-0.2, 0) is 4.79 Å². The molecule has 1 aromatic carbocycles. The second kappa shape index (κ2) is 5.15. The molecule has 3 rings (SSSR count). The number of hydrogen-bond donors (Lipinski definition) is 1. The average molecular weight is 272 g/mol. The van der Waals surface area contributed by atoms with Gasteiger partial charge in [0.2, 0.25) is 5.91 Å². The SMILES string of the molecule is CCN1C(=O)C(c2ccccc2)NC1c1cccs1. The molecular weight excluding hydrogens is 256 g/mol. The predicted octanol–water partition coefficient (Wildman–Crippen LogP) is 2.94. The van der Waals surface area contributed by atoms with Crippen LogP contribution in [0.4, 0.5) is 0 Å². The van der Waals surface area contributed by atoms with Crippen LogP contribution in [0.1, 0.15) is 29.6 Å². The van der Waals surface area contributed by atoms with E-state index in [0.717, 1.165) is 12.1 Å². The van der Waals surface area contributed by atoms with Crippen molar-refractivity contribution in [1.82, 2.24) is 10.2 Å². The summed E-state index contributed by atoms with van der Waals surface area (Å²) in [5.74, 6) is 0.159. The van der Waals surface area contributed by atoms with E-state index in [0.29, 0.717) is 0 Å². The van der Waals surface area contributed by atoms with Crippen LogP contribution in [0.2, 0.25) is 0 Å². The number of rotatable bonds is 3. The zero-order valence-corrected chi connectivity index (χ0v) is 11.6. The summed E-state index contributed by atoms with van der Waals surface area (Å²) in [6.45, 7) is 2.74. The maximum Gasteiger partial charge on any atom is 0.245 e. The highest BCUT2D eigenvalue weighted by molar-refractivity contribution is 7.10. The van der Waals surface area contributed by atoms with Crippen molar-refractivity contribution in [3.63, 3.8) is 0 Å². The Balaban J connectivity index is 1.92. The van der Waals surface area contributed by atoms with E-state index in [2.05, 4.69) is 11.4 Å². The van der Waals surface area contributed by atoms with Gasteiger partial charge in [0.1, 0.15) is 12.2 Å². The number of likely N-dealkylation sites (N-methyl/N-ethyl adjacent to an activating group) is 1. The van der Waals surface area contributed by atoms with Crippen molar-refractivity contribution in [2.24, 2.45) is 0 Å². The number of nitrogens with zero attached hydrogens (tertiary/aromatic N) is 1. The monoisotopic (exact) mass is 272 g/mol. The van der Waals surface area contributed by atoms with Gasteiger partial charge in [0, 0.05) is 11.4 Å². The molecule has 1 N–H and O–H groups in total. The maximum absolute atomic E-state index is 12.5. The number of benzene rings is 1. The van der Waals surface area contributed by atoms with E-state index in [1.54, 1.807) is 11.3 Å². The Kier molecular flexibility index (Phi) is 3.36. The third kappa shape index (κ3) is 2.17. The number of hydrogen-bond acceptors (Lipinski definition) is 3. The highest BCUT2D eigenvalue weighted by Crippen LogP contribution is 2.33. The highest BCUT2D eigenvalue weighted by atomic mass is 32.1. The molecule has 1 amide bonds. The van der Waals surface area contributed by atoms with Gasteiger partial charge in [0.15, 0.2) is 0 Å². The quantitative estimate of drug-likeness (QED) is 0.931. The fourth-order valence-electron chi connectivity index (χ4n) is 2.52. The van der Waals surface area contributed by atoms with Gasteiger partial charge in [-0.2, -0.15) is 0 Å². The Morgan fingerprint density at radius 2 is 2.00 bits per heavy atom. The van der Waals surface area contributed by atoms with E-state index >= 15 is 0 Å². The first kappa shape index (κ1) is 12.4. The topological polar surface area (TPSA) is 32.3 Å². The molecule has 0 radical (unpaired) electrons. The first-order valence-corrected chi connectivity index (χ1v) is 7.34. The van der Waals surface area contributed by atoms with Crippen LogP contribution in [0.15, 0.2) is 47.8 Å². The van der Waals surface area contributed by atoms with Crippen molar-refractivity contribution >= 4 is 17.2 Å². The molecule has 1 aliphatic rings. The van der Waals surface area contributed by atoms with Crippen molar-refractivity contribution in [2.45, 2.75) is 19.1 Å². The molecule has 0 bridgehead atoms. The van der Waals surface area contributed by atoms with Gasteiger partial charge in [-0.3, -0.25) is 10.1 Å². The van der Waals surface area contributed by atoms with Gasteiger partial charge < -0.3 is 4.90 Å². The molecule has 2 heterocycles. The average Bonchev–Trinajstić information content (AvgIpc) is 3.07. The highest BCUT2D eigenvalue weighted by Gasteiger charge is 2.39. The van der Waals surface area contributed by atoms with E-state index in [4.69, 9.17) is 0 Å². The molecule has 4 heteroatoms. The van der Waals surface area contributed by atoms with Crippen molar-refractivity contribution in [3.8, 4) is 0 Å². The molecule has 2 aromatic rings. The van der Waals surface area contributed by atoms with Gasteiger partial charge in [0.25, 0.3) is 0 Å². The second-order valence-corrected chi connectivity index (χ2v) is 5.53. The Hall–Kier alpha value is -1.65. The molecule has 0 aliphatic carbocycles. The largest absolute Gasteiger partial charge is 0.321 e. The number of amides is 1. The number of carbonyl (C=O) groups is 1. The molecule has 3 nitrogen and oxygen atoms in total. The van der Waals surface area contributed by atoms with E-state index < -0.39 is 0 Å². The summed E-state index contributed by atoms with van der Waals surface area (Å²) in [6, 6.07) is 13.8. The van der Waals surface area contributed by atoms with Gasteiger partial charge in [-0.15, -0.1) is 11.3 Å². The minimum Gasteiger partial charge on any atom is -0.321 e. The lowest BCUT2D eigenvalue weighted by atomic mass is 10.1. The maximum atomic E-state index is 12.5. The van der Waals surface area contributed by atoms with Gasteiger partial charge in [-0.25, -0.2) is 0 Å².